The maximum absolute atomic E-state index is 12.8. The molecule has 118 valence electrons. The number of oxime groups is 1. The van der Waals surface area contributed by atoms with Gasteiger partial charge in [-0.15, -0.1) is 0 Å². The first-order valence-electron chi connectivity index (χ1n) is 6.55. The molecule has 0 fully saturated rings. The number of aromatic nitrogens is 1. The third kappa shape index (κ3) is 3.77. The first-order valence-corrected chi connectivity index (χ1v) is 6.55. The van der Waals surface area contributed by atoms with Crippen LogP contribution in [0, 0.1) is 0 Å². The summed E-state index contributed by atoms with van der Waals surface area (Å²) < 4.78 is 38.5. The van der Waals surface area contributed by atoms with Crippen molar-refractivity contribution in [2.24, 2.45) is 10.9 Å². The van der Waals surface area contributed by atoms with Crippen molar-refractivity contribution >= 4 is 11.7 Å². The Kier molecular flexibility index (Phi) is 5.40. The predicted octanol–water partition coefficient (Wildman–Crippen LogP) is 2.82. The van der Waals surface area contributed by atoms with Gasteiger partial charge in [0.1, 0.15) is 11.5 Å². The first kappa shape index (κ1) is 17.1. The molecule has 1 heterocycles. The fraction of sp³-hybridized carbons (Fsp3) is 0.538. The summed E-state index contributed by atoms with van der Waals surface area (Å²) in [6.07, 6.45) is -3.08. The first-order chi connectivity index (χ1) is 9.76. The summed E-state index contributed by atoms with van der Waals surface area (Å²) in [4.78, 5) is 5.29. The third-order valence-corrected chi connectivity index (χ3v) is 3.37. The Balaban J connectivity index is 3.42. The van der Waals surface area contributed by atoms with E-state index in [9.17, 15) is 13.2 Å². The van der Waals surface area contributed by atoms with Crippen LogP contribution >= 0.6 is 0 Å². The molecule has 0 saturated heterocycles. The average molecular weight is 304 g/mol. The van der Waals surface area contributed by atoms with E-state index in [2.05, 4.69) is 10.1 Å². The van der Waals surface area contributed by atoms with Crippen molar-refractivity contribution in [1.82, 2.24) is 4.98 Å². The van der Waals surface area contributed by atoms with Gasteiger partial charge in [-0.2, -0.15) is 13.2 Å². The molecule has 0 amide bonds. The molecule has 0 spiro atoms. The van der Waals surface area contributed by atoms with E-state index in [0.717, 1.165) is 18.9 Å². The molecule has 1 rings (SSSR count). The highest BCUT2D eigenvalue weighted by Crippen LogP contribution is 2.31. The lowest BCUT2D eigenvalue weighted by Gasteiger charge is -2.29. The minimum atomic E-state index is -4.55. The Hall–Kier alpha value is -1.99. The topological polar surface area (TPSA) is 74.7 Å². The number of nitrogens with zero attached hydrogens (tertiary/aromatic N) is 3. The second-order valence-corrected chi connectivity index (χ2v) is 4.63. The van der Waals surface area contributed by atoms with Gasteiger partial charge >= 0.3 is 6.18 Å². The molecular weight excluding hydrogens is 285 g/mol. The molecule has 3 N–H and O–H groups in total. The maximum Gasteiger partial charge on any atom is 0.433 e. The fourth-order valence-corrected chi connectivity index (χ4v) is 2.14. The zero-order valence-corrected chi connectivity index (χ0v) is 12.1. The van der Waals surface area contributed by atoms with Crippen molar-refractivity contribution in [3.05, 3.63) is 23.4 Å². The zero-order chi connectivity index (χ0) is 16.2. The van der Waals surface area contributed by atoms with Crippen LogP contribution in [0.1, 0.15) is 37.9 Å². The normalized spacial score (nSPS) is 12.8. The molecule has 8 heteroatoms. The molecule has 0 radical (unpaired) electrons. The van der Waals surface area contributed by atoms with Gasteiger partial charge in [-0.3, -0.25) is 0 Å². The van der Waals surface area contributed by atoms with E-state index in [1.807, 2.05) is 13.8 Å². The summed E-state index contributed by atoms with van der Waals surface area (Å²) in [6.45, 7) is 3.86. The fourth-order valence-electron chi connectivity index (χ4n) is 2.14. The van der Waals surface area contributed by atoms with Crippen LogP contribution < -0.4 is 10.6 Å². The summed E-state index contributed by atoms with van der Waals surface area (Å²) in [6, 6.07) is 1.99. The number of hydrogen-bond donors (Lipinski definition) is 2. The quantitative estimate of drug-likeness (QED) is 0.380. The molecule has 21 heavy (non-hydrogen) atoms. The summed E-state index contributed by atoms with van der Waals surface area (Å²) in [5.74, 6) is -0.224. The van der Waals surface area contributed by atoms with Crippen molar-refractivity contribution in [3.63, 3.8) is 0 Å². The molecule has 0 saturated carbocycles. The van der Waals surface area contributed by atoms with Gasteiger partial charge in [-0.1, -0.05) is 19.0 Å². The summed E-state index contributed by atoms with van der Waals surface area (Å²) in [5, 5.41) is 11.6. The van der Waals surface area contributed by atoms with Gasteiger partial charge < -0.3 is 15.8 Å². The van der Waals surface area contributed by atoms with Crippen LogP contribution in [0.2, 0.25) is 0 Å². The van der Waals surface area contributed by atoms with Crippen LogP contribution in [0.4, 0.5) is 19.0 Å². The Morgan fingerprint density at radius 3 is 2.38 bits per heavy atom. The molecule has 0 aromatic carbocycles. The van der Waals surface area contributed by atoms with E-state index < -0.39 is 11.9 Å². The Morgan fingerprint density at radius 1 is 1.38 bits per heavy atom. The minimum absolute atomic E-state index is 0.00577. The standard InChI is InChI=1S/C13H19F3N4O/c1-4-8(5-2)20(3)12-9(11(17)19-21)6-7-10(18-12)13(14,15)16/h6-8,21H,4-5H2,1-3H3,(H2,17,19). The number of hydrogen-bond acceptors (Lipinski definition) is 4. The van der Waals surface area contributed by atoms with Crippen molar-refractivity contribution in [3.8, 4) is 0 Å². The smallest absolute Gasteiger partial charge is 0.409 e. The van der Waals surface area contributed by atoms with Crippen LogP contribution in [0.15, 0.2) is 17.3 Å². The summed E-state index contributed by atoms with van der Waals surface area (Å²) in [5.41, 5.74) is 4.68. The molecular formula is C13H19F3N4O. The monoisotopic (exact) mass is 304 g/mol. The molecule has 0 aliphatic heterocycles. The molecule has 0 bridgehead atoms. The SMILES string of the molecule is CCC(CC)N(C)c1nc(C(F)(F)F)ccc1C(N)=NO. The number of rotatable bonds is 5. The van der Waals surface area contributed by atoms with E-state index in [0.29, 0.717) is 0 Å². The van der Waals surface area contributed by atoms with Gasteiger partial charge in [0.2, 0.25) is 0 Å². The molecule has 1 aromatic heterocycles. The molecule has 5 nitrogen and oxygen atoms in total. The minimum Gasteiger partial charge on any atom is -0.409 e. The lowest BCUT2D eigenvalue weighted by atomic mass is 10.1. The molecule has 0 aliphatic rings. The largest absolute Gasteiger partial charge is 0.433 e. The third-order valence-electron chi connectivity index (χ3n) is 3.37. The second-order valence-electron chi connectivity index (χ2n) is 4.63. The summed E-state index contributed by atoms with van der Waals surface area (Å²) in [7, 11) is 1.65. The van der Waals surface area contributed by atoms with E-state index >= 15 is 0 Å². The van der Waals surface area contributed by atoms with Crippen LogP contribution in [-0.2, 0) is 6.18 Å². The molecule has 0 atom stereocenters. The lowest BCUT2D eigenvalue weighted by Crippen LogP contribution is -2.34. The van der Waals surface area contributed by atoms with E-state index in [1.165, 1.54) is 6.07 Å². The van der Waals surface area contributed by atoms with Crippen LogP contribution in [-0.4, -0.2) is 29.1 Å². The van der Waals surface area contributed by atoms with E-state index in [1.54, 1.807) is 11.9 Å². The highest BCUT2D eigenvalue weighted by Gasteiger charge is 2.34. The number of alkyl halides is 3. The molecule has 1 aromatic rings. The van der Waals surface area contributed by atoms with Gasteiger partial charge in [0.15, 0.2) is 5.84 Å². The second kappa shape index (κ2) is 6.64. The van der Waals surface area contributed by atoms with Crippen molar-refractivity contribution < 1.29 is 18.4 Å². The Morgan fingerprint density at radius 2 is 1.95 bits per heavy atom. The summed E-state index contributed by atoms with van der Waals surface area (Å²) >= 11 is 0. The Bertz CT molecular complexity index is 513. The van der Waals surface area contributed by atoms with Crippen LogP contribution in [0.3, 0.4) is 0 Å². The zero-order valence-electron chi connectivity index (χ0n) is 12.1. The maximum atomic E-state index is 12.8. The number of anilines is 1. The highest BCUT2D eigenvalue weighted by atomic mass is 19.4. The van der Waals surface area contributed by atoms with Crippen LogP contribution in [0.25, 0.3) is 0 Å². The molecule has 0 unspecified atom stereocenters. The van der Waals surface area contributed by atoms with Crippen LogP contribution in [0.5, 0.6) is 0 Å². The van der Waals surface area contributed by atoms with Gasteiger partial charge in [0.25, 0.3) is 0 Å². The number of pyridine rings is 1. The van der Waals surface area contributed by atoms with Crippen molar-refractivity contribution in [2.75, 3.05) is 11.9 Å². The van der Waals surface area contributed by atoms with Gasteiger partial charge in [0, 0.05) is 13.1 Å². The predicted molar refractivity (Wildman–Crippen MR) is 74.5 cm³/mol. The molecule has 0 aliphatic carbocycles. The number of amidine groups is 1. The van der Waals surface area contributed by atoms with Gasteiger partial charge in [-0.05, 0) is 25.0 Å². The highest BCUT2D eigenvalue weighted by molar-refractivity contribution is 6.01. The number of halogens is 3. The van der Waals surface area contributed by atoms with Crippen molar-refractivity contribution in [2.45, 2.75) is 38.9 Å². The average Bonchev–Trinajstić information content (AvgIpc) is 2.46. The Labute approximate surface area is 121 Å². The van der Waals surface area contributed by atoms with E-state index in [-0.39, 0.29) is 23.3 Å². The van der Waals surface area contributed by atoms with Crippen molar-refractivity contribution in [1.29, 1.82) is 0 Å². The van der Waals surface area contributed by atoms with Gasteiger partial charge in [-0.25, -0.2) is 4.98 Å². The van der Waals surface area contributed by atoms with E-state index in [4.69, 9.17) is 10.9 Å². The van der Waals surface area contributed by atoms with Gasteiger partial charge in [0.05, 0.1) is 5.56 Å². The lowest BCUT2D eigenvalue weighted by molar-refractivity contribution is -0.141. The number of nitrogens with two attached hydrogens (primary N) is 1.